The van der Waals surface area contributed by atoms with Gasteiger partial charge in [-0.3, -0.25) is 4.90 Å². The van der Waals surface area contributed by atoms with Gasteiger partial charge >= 0.3 is 6.09 Å². The van der Waals surface area contributed by atoms with E-state index in [1.165, 1.54) is 13.8 Å². The van der Waals surface area contributed by atoms with E-state index in [1.54, 1.807) is 20.8 Å². The van der Waals surface area contributed by atoms with Crippen LogP contribution in [0.15, 0.2) is 0 Å². The van der Waals surface area contributed by atoms with Crippen molar-refractivity contribution >= 4 is 6.09 Å². The first-order valence-corrected chi connectivity index (χ1v) is 5.31. The zero-order valence-corrected chi connectivity index (χ0v) is 10.6. The van der Waals surface area contributed by atoms with E-state index in [4.69, 9.17) is 5.11 Å². The third-order valence-corrected chi connectivity index (χ3v) is 2.23. The standard InChI is InChI=1S/C11H22FNO3/c1-10(2,3)13(9(15)16)8(7-14)6-11(4,5)12/h8,14H,6-7H2,1-5H3,(H,15,16). The summed E-state index contributed by atoms with van der Waals surface area (Å²) in [5.74, 6) is 0. The Morgan fingerprint density at radius 3 is 1.94 bits per heavy atom. The van der Waals surface area contributed by atoms with Gasteiger partial charge in [-0.1, -0.05) is 0 Å². The molecule has 0 aliphatic rings. The number of halogens is 1. The number of hydrogen-bond donors (Lipinski definition) is 2. The van der Waals surface area contributed by atoms with Crippen molar-refractivity contribution in [3.63, 3.8) is 0 Å². The minimum atomic E-state index is -1.51. The Morgan fingerprint density at radius 2 is 1.75 bits per heavy atom. The molecule has 0 bridgehead atoms. The van der Waals surface area contributed by atoms with Crippen molar-refractivity contribution in [3.05, 3.63) is 0 Å². The maximum absolute atomic E-state index is 13.5. The molecule has 96 valence electrons. The number of alkyl halides is 1. The number of hydrogen-bond acceptors (Lipinski definition) is 2. The third-order valence-electron chi connectivity index (χ3n) is 2.23. The smallest absolute Gasteiger partial charge is 0.408 e. The quantitative estimate of drug-likeness (QED) is 0.785. The van der Waals surface area contributed by atoms with Crippen LogP contribution in [0.3, 0.4) is 0 Å². The van der Waals surface area contributed by atoms with Crippen LogP contribution in [0.5, 0.6) is 0 Å². The number of aliphatic hydroxyl groups excluding tert-OH is 1. The molecule has 1 atom stereocenters. The summed E-state index contributed by atoms with van der Waals surface area (Å²) in [7, 11) is 0. The van der Waals surface area contributed by atoms with Crippen LogP contribution in [0.25, 0.3) is 0 Å². The molecule has 0 fully saturated rings. The first-order valence-electron chi connectivity index (χ1n) is 5.31. The van der Waals surface area contributed by atoms with E-state index in [0.717, 1.165) is 4.90 Å². The molecule has 16 heavy (non-hydrogen) atoms. The molecule has 0 spiro atoms. The lowest BCUT2D eigenvalue weighted by atomic mass is 9.96. The van der Waals surface area contributed by atoms with Crippen LogP contribution in [0.1, 0.15) is 41.0 Å². The van der Waals surface area contributed by atoms with Gasteiger partial charge < -0.3 is 10.2 Å². The monoisotopic (exact) mass is 235 g/mol. The van der Waals surface area contributed by atoms with Gasteiger partial charge in [-0.15, -0.1) is 0 Å². The molecule has 1 unspecified atom stereocenters. The summed E-state index contributed by atoms with van der Waals surface area (Å²) < 4.78 is 13.5. The normalized spacial score (nSPS) is 14.7. The molecule has 0 saturated heterocycles. The van der Waals surface area contributed by atoms with Crippen molar-refractivity contribution in [2.24, 2.45) is 0 Å². The fourth-order valence-electron chi connectivity index (χ4n) is 1.79. The van der Waals surface area contributed by atoms with Crippen molar-refractivity contribution in [2.75, 3.05) is 6.61 Å². The van der Waals surface area contributed by atoms with Gasteiger partial charge in [0.1, 0.15) is 5.67 Å². The van der Waals surface area contributed by atoms with E-state index in [1.807, 2.05) is 0 Å². The van der Waals surface area contributed by atoms with Gasteiger partial charge in [0.15, 0.2) is 0 Å². The maximum Gasteiger partial charge on any atom is 0.408 e. The number of carbonyl (C=O) groups is 1. The van der Waals surface area contributed by atoms with E-state index < -0.39 is 23.3 Å². The predicted molar refractivity (Wildman–Crippen MR) is 60.3 cm³/mol. The van der Waals surface area contributed by atoms with Crippen molar-refractivity contribution in [1.82, 2.24) is 4.90 Å². The SMILES string of the molecule is CC(C)(F)CC(CO)N(C(=O)O)C(C)(C)C. The molecule has 0 saturated carbocycles. The van der Waals surface area contributed by atoms with Crippen molar-refractivity contribution in [2.45, 2.75) is 58.3 Å². The summed E-state index contributed by atoms with van der Waals surface area (Å²) in [6.07, 6.45) is -1.16. The Kier molecular flexibility index (Phi) is 4.73. The summed E-state index contributed by atoms with van der Waals surface area (Å²) in [6.45, 7) is 7.52. The molecule has 0 aliphatic heterocycles. The molecule has 0 rings (SSSR count). The average molecular weight is 235 g/mol. The van der Waals surface area contributed by atoms with Crippen LogP contribution in [0.4, 0.5) is 9.18 Å². The number of amides is 1. The largest absolute Gasteiger partial charge is 0.465 e. The minimum Gasteiger partial charge on any atom is -0.465 e. The summed E-state index contributed by atoms with van der Waals surface area (Å²) in [6, 6.07) is -0.725. The van der Waals surface area contributed by atoms with E-state index in [-0.39, 0.29) is 13.0 Å². The lowest BCUT2D eigenvalue weighted by Gasteiger charge is -2.40. The Labute approximate surface area is 96.1 Å². The maximum atomic E-state index is 13.5. The van der Waals surface area contributed by atoms with Gasteiger partial charge in [-0.05, 0) is 34.6 Å². The first-order chi connectivity index (χ1) is 6.99. The van der Waals surface area contributed by atoms with Crippen molar-refractivity contribution in [3.8, 4) is 0 Å². The molecule has 1 amide bonds. The molecule has 2 N–H and O–H groups in total. The van der Waals surface area contributed by atoms with Crippen LogP contribution < -0.4 is 0 Å². The minimum absolute atomic E-state index is 0.0208. The second kappa shape index (κ2) is 4.99. The van der Waals surface area contributed by atoms with Crippen molar-refractivity contribution < 1.29 is 19.4 Å². The van der Waals surface area contributed by atoms with Gasteiger partial charge in [-0.2, -0.15) is 0 Å². The zero-order valence-electron chi connectivity index (χ0n) is 10.6. The van der Waals surface area contributed by atoms with Gasteiger partial charge in [0.25, 0.3) is 0 Å². The molecular formula is C11H22FNO3. The van der Waals surface area contributed by atoms with Crippen LogP contribution >= 0.6 is 0 Å². The van der Waals surface area contributed by atoms with Gasteiger partial charge in [0, 0.05) is 12.0 Å². The summed E-state index contributed by atoms with van der Waals surface area (Å²) in [5, 5.41) is 18.3. The van der Waals surface area contributed by atoms with E-state index in [2.05, 4.69) is 0 Å². The highest BCUT2D eigenvalue weighted by Gasteiger charge is 2.36. The predicted octanol–water partition coefficient (Wildman–Crippen LogP) is 2.26. The van der Waals surface area contributed by atoms with Gasteiger partial charge in [-0.25, -0.2) is 9.18 Å². The zero-order chi connectivity index (χ0) is 13.1. The highest BCUT2D eigenvalue weighted by Crippen LogP contribution is 2.25. The molecule has 0 aromatic carbocycles. The average Bonchev–Trinajstić information content (AvgIpc) is 1.96. The summed E-state index contributed by atoms with van der Waals surface area (Å²) >= 11 is 0. The lowest BCUT2D eigenvalue weighted by molar-refractivity contribution is 0.0216. The topological polar surface area (TPSA) is 60.8 Å². The molecule has 0 aromatic rings. The van der Waals surface area contributed by atoms with Crippen LogP contribution in [0.2, 0.25) is 0 Å². The van der Waals surface area contributed by atoms with E-state index >= 15 is 0 Å². The second-order valence-corrected chi connectivity index (χ2v) is 5.58. The Hall–Kier alpha value is -0.840. The molecule has 0 aliphatic carbocycles. The summed E-state index contributed by atoms with van der Waals surface area (Å²) in [5.41, 5.74) is -2.17. The van der Waals surface area contributed by atoms with Gasteiger partial charge in [0.05, 0.1) is 12.6 Å². The molecule has 0 radical (unpaired) electrons. The highest BCUT2D eigenvalue weighted by molar-refractivity contribution is 5.66. The molecule has 0 aromatic heterocycles. The number of aliphatic hydroxyl groups is 1. The fourth-order valence-corrected chi connectivity index (χ4v) is 1.79. The number of rotatable bonds is 4. The van der Waals surface area contributed by atoms with Crippen LogP contribution in [0, 0.1) is 0 Å². The van der Waals surface area contributed by atoms with Crippen LogP contribution in [-0.2, 0) is 0 Å². The molecular weight excluding hydrogens is 213 g/mol. The van der Waals surface area contributed by atoms with E-state index in [0.29, 0.717) is 0 Å². The molecule has 5 heteroatoms. The molecule has 0 heterocycles. The Morgan fingerprint density at radius 1 is 1.31 bits per heavy atom. The number of nitrogens with zero attached hydrogens (tertiary/aromatic N) is 1. The number of carboxylic acid groups (broad SMARTS) is 1. The second-order valence-electron chi connectivity index (χ2n) is 5.58. The van der Waals surface area contributed by atoms with Crippen LogP contribution in [-0.4, -0.2) is 45.1 Å². The summed E-state index contributed by atoms with van der Waals surface area (Å²) in [4.78, 5) is 12.2. The lowest BCUT2D eigenvalue weighted by Crippen LogP contribution is -2.54. The van der Waals surface area contributed by atoms with Crippen molar-refractivity contribution in [1.29, 1.82) is 0 Å². The Balaban J connectivity index is 4.95. The first kappa shape index (κ1) is 15.2. The van der Waals surface area contributed by atoms with Gasteiger partial charge in [0.2, 0.25) is 0 Å². The third kappa shape index (κ3) is 4.79. The fraction of sp³-hybridized carbons (Fsp3) is 0.909. The highest BCUT2D eigenvalue weighted by atomic mass is 19.1. The van der Waals surface area contributed by atoms with E-state index in [9.17, 15) is 14.3 Å². The molecule has 4 nitrogen and oxygen atoms in total. The Bertz CT molecular complexity index is 243.